The van der Waals surface area contributed by atoms with Crippen LogP contribution in [0.3, 0.4) is 0 Å². The SMILES string of the molecule is Cc1cc(C)cc(CCNc2nccc(C)n2)c1. The fraction of sp³-hybridized carbons (Fsp3) is 0.333. The molecule has 0 bridgehead atoms. The molecule has 0 aliphatic rings. The summed E-state index contributed by atoms with van der Waals surface area (Å²) in [5.41, 5.74) is 4.97. The maximum Gasteiger partial charge on any atom is 0.222 e. The van der Waals surface area contributed by atoms with Crippen molar-refractivity contribution in [3.05, 3.63) is 52.8 Å². The van der Waals surface area contributed by atoms with E-state index < -0.39 is 0 Å². The lowest BCUT2D eigenvalue weighted by molar-refractivity contribution is 0.971. The monoisotopic (exact) mass is 241 g/mol. The Morgan fingerprint density at radius 1 is 1.06 bits per heavy atom. The van der Waals surface area contributed by atoms with Gasteiger partial charge in [0, 0.05) is 18.4 Å². The Kier molecular flexibility index (Phi) is 3.92. The quantitative estimate of drug-likeness (QED) is 0.894. The van der Waals surface area contributed by atoms with E-state index in [0.717, 1.165) is 18.7 Å². The molecule has 2 aromatic rings. The molecule has 1 heterocycles. The first-order chi connectivity index (χ1) is 8.63. The van der Waals surface area contributed by atoms with Crippen LogP contribution < -0.4 is 5.32 Å². The van der Waals surface area contributed by atoms with Crippen LogP contribution in [0.1, 0.15) is 22.4 Å². The first kappa shape index (κ1) is 12.6. The topological polar surface area (TPSA) is 37.8 Å². The van der Waals surface area contributed by atoms with Crippen molar-refractivity contribution in [1.29, 1.82) is 0 Å². The fourth-order valence-corrected chi connectivity index (χ4v) is 2.07. The second-order valence-corrected chi connectivity index (χ2v) is 4.69. The number of nitrogens with one attached hydrogen (secondary N) is 1. The summed E-state index contributed by atoms with van der Waals surface area (Å²) >= 11 is 0. The van der Waals surface area contributed by atoms with Crippen LogP contribution in [-0.2, 0) is 6.42 Å². The van der Waals surface area contributed by atoms with Crippen molar-refractivity contribution < 1.29 is 0 Å². The molecule has 0 radical (unpaired) electrons. The van der Waals surface area contributed by atoms with Gasteiger partial charge in [0.15, 0.2) is 0 Å². The zero-order chi connectivity index (χ0) is 13.0. The summed E-state index contributed by atoms with van der Waals surface area (Å²) in [5, 5.41) is 3.25. The van der Waals surface area contributed by atoms with Gasteiger partial charge < -0.3 is 5.32 Å². The number of nitrogens with zero attached hydrogens (tertiary/aromatic N) is 2. The van der Waals surface area contributed by atoms with Crippen LogP contribution in [-0.4, -0.2) is 16.5 Å². The van der Waals surface area contributed by atoms with E-state index >= 15 is 0 Å². The van der Waals surface area contributed by atoms with E-state index in [9.17, 15) is 0 Å². The molecular weight excluding hydrogens is 222 g/mol. The molecule has 1 aromatic carbocycles. The Balaban J connectivity index is 1.92. The molecule has 0 saturated heterocycles. The standard InChI is InChI=1S/C15H19N3/c1-11-8-12(2)10-14(9-11)5-7-17-15-16-6-4-13(3)18-15/h4,6,8-10H,5,7H2,1-3H3,(H,16,17,18). The number of benzene rings is 1. The van der Waals surface area contributed by atoms with Gasteiger partial charge in [-0.05, 0) is 38.8 Å². The molecule has 18 heavy (non-hydrogen) atoms. The Labute approximate surface area is 108 Å². The van der Waals surface area contributed by atoms with Gasteiger partial charge in [-0.15, -0.1) is 0 Å². The van der Waals surface area contributed by atoms with Gasteiger partial charge in [-0.3, -0.25) is 0 Å². The van der Waals surface area contributed by atoms with Gasteiger partial charge in [-0.25, -0.2) is 9.97 Å². The van der Waals surface area contributed by atoms with Gasteiger partial charge in [0.1, 0.15) is 0 Å². The van der Waals surface area contributed by atoms with Gasteiger partial charge in [0.2, 0.25) is 5.95 Å². The van der Waals surface area contributed by atoms with Gasteiger partial charge >= 0.3 is 0 Å². The lowest BCUT2D eigenvalue weighted by atomic mass is 10.1. The summed E-state index contributed by atoms with van der Waals surface area (Å²) in [6.07, 6.45) is 2.77. The predicted molar refractivity (Wildman–Crippen MR) is 74.9 cm³/mol. The number of anilines is 1. The first-order valence-corrected chi connectivity index (χ1v) is 6.24. The second kappa shape index (κ2) is 5.63. The molecule has 94 valence electrons. The van der Waals surface area contributed by atoms with E-state index in [1.54, 1.807) is 6.20 Å². The lowest BCUT2D eigenvalue weighted by Gasteiger charge is -2.07. The van der Waals surface area contributed by atoms with Crippen LogP contribution in [0.15, 0.2) is 30.5 Å². The van der Waals surface area contributed by atoms with Gasteiger partial charge in [-0.2, -0.15) is 0 Å². The van der Waals surface area contributed by atoms with E-state index in [1.807, 2.05) is 13.0 Å². The first-order valence-electron chi connectivity index (χ1n) is 6.24. The minimum absolute atomic E-state index is 0.708. The summed E-state index contributed by atoms with van der Waals surface area (Å²) in [4.78, 5) is 8.50. The highest BCUT2D eigenvalue weighted by Crippen LogP contribution is 2.09. The fourth-order valence-electron chi connectivity index (χ4n) is 2.07. The van der Waals surface area contributed by atoms with Crippen LogP contribution in [0.5, 0.6) is 0 Å². The van der Waals surface area contributed by atoms with E-state index in [4.69, 9.17) is 0 Å². The predicted octanol–water partition coefficient (Wildman–Crippen LogP) is 3.06. The molecule has 1 N–H and O–H groups in total. The molecular formula is C15H19N3. The smallest absolute Gasteiger partial charge is 0.222 e. The highest BCUT2D eigenvalue weighted by molar-refractivity contribution is 5.30. The Bertz CT molecular complexity index is 515. The molecule has 1 aromatic heterocycles. The van der Waals surface area contributed by atoms with Gasteiger partial charge in [0.25, 0.3) is 0 Å². The van der Waals surface area contributed by atoms with E-state index in [0.29, 0.717) is 5.95 Å². The normalized spacial score (nSPS) is 10.4. The van der Waals surface area contributed by atoms with Crippen LogP contribution in [0.2, 0.25) is 0 Å². The molecule has 0 aliphatic carbocycles. The number of rotatable bonds is 4. The summed E-state index contributed by atoms with van der Waals surface area (Å²) in [5.74, 6) is 0.708. The summed E-state index contributed by atoms with van der Waals surface area (Å²) < 4.78 is 0. The minimum Gasteiger partial charge on any atom is -0.354 e. The van der Waals surface area contributed by atoms with Gasteiger partial charge in [0.05, 0.1) is 0 Å². The molecule has 3 nitrogen and oxygen atoms in total. The second-order valence-electron chi connectivity index (χ2n) is 4.69. The molecule has 0 spiro atoms. The Morgan fingerprint density at radius 2 is 1.78 bits per heavy atom. The molecule has 0 aliphatic heterocycles. The van der Waals surface area contributed by atoms with Crippen molar-refractivity contribution >= 4 is 5.95 Å². The number of aryl methyl sites for hydroxylation is 3. The number of hydrogen-bond donors (Lipinski definition) is 1. The third kappa shape index (κ3) is 3.55. The van der Waals surface area contributed by atoms with Crippen molar-refractivity contribution in [3.63, 3.8) is 0 Å². The highest BCUT2D eigenvalue weighted by atomic mass is 15.1. The molecule has 0 atom stereocenters. The van der Waals surface area contributed by atoms with Crippen molar-refractivity contribution in [2.45, 2.75) is 27.2 Å². The summed E-state index contributed by atoms with van der Waals surface area (Å²) in [7, 11) is 0. The van der Waals surface area contributed by atoms with Crippen molar-refractivity contribution in [2.75, 3.05) is 11.9 Å². The lowest BCUT2D eigenvalue weighted by Crippen LogP contribution is -2.08. The third-order valence-electron chi connectivity index (χ3n) is 2.77. The molecule has 0 fully saturated rings. The highest BCUT2D eigenvalue weighted by Gasteiger charge is 1.98. The Morgan fingerprint density at radius 3 is 2.44 bits per heavy atom. The molecule has 0 amide bonds. The van der Waals surface area contributed by atoms with Gasteiger partial charge in [-0.1, -0.05) is 29.3 Å². The van der Waals surface area contributed by atoms with E-state index in [2.05, 4.69) is 47.3 Å². The summed E-state index contributed by atoms with van der Waals surface area (Å²) in [6.45, 7) is 7.09. The Hall–Kier alpha value is -1.90. The third-order valence-corrected chi connectivity index (χ3v) is 2.77. The van der Waals surface area contributed by atoms with Crippen molar-refractivity contribution in [1.82, 2.24) is 9.97 Å². The molecule has 0 saturated carbocycles. The maximum atomic E-state index is 4.32. The van der Waals surface area contributed by atoms with Crippen LogP contribution in [0.4, 0.5) is 5.95 Å². The van der Waals surface area contributed by atoms with Crippen LogP contribution in [0, 0.1) is 20.8 Å². The molecule has 0 unspecified atom stereocenters. The van der Waals surface area contributed by atoms with Crippen molar-refractivity contribution in [2.24, 2.45) is 0 Å². The minimum atomic E-state index is 0.708. The molecule has 2 rings (SSSR count). The van der Waals surface area contributed by atoms with Crippen LogP contribution >= 0.6 is 0 Å². The number of hydrogen-bond acceptors (Lipinski definition) is 3. The number of aromatic nitrogens is 2. The van der Waals surface area contributed by atoms with Crippen LogP contribution in [0.25, 0.3) is 0 Å². The zero-order valence-corrected chi connectivity index (χ0v) is 11.2. The average molecular weight is 241 g/mol. The summed E-state index contributed by atoms with van der Waals surface area (Å²) in [6, 6.07) is 8.55. The van der Waals surface area contributed by atoms with Crippen molar-refractivity contribution in [3.8, 4) is 0 Å². The van der Waals surface area contributed by atoms with E-state index in [1.165, 1.54) is 16.7 Å². The molecule has 3 heteroatoms. The van der Waals surface area contributed by atoms with E-state index in [-0.39, 0.29) is 0 Å². The average Bonchev–Trinajstić information content (AvgIpc) is 2.27. The largest absolute Gasteiger partial charge is 0.354 e. The zero-order valence-electron chi connectivity index (χ0n) is 11.2. The maximum absolute atomic E-state index is 4.32.